The lowest BCUT2D eigenvalue weighted by atomic mass is 10.1. The highest BCUT2D eigenvalue weighted by atomic mass is 32.2. The van der Waals surface area contributed by atoms with Gasteiger partial charge in [-0.25, -0.2) is 8.42 Å². The number of hydrogen-bond donors (Lipinski definition) is 2. The minimum atomic E-state index is -3.48. The second kappa shape index (κ2) is 10.4. The molecule has 8 nitrogen and oxygen atoms in total. The summed E-state index contributed by atoms with van der Waals surface area (Å²) in [5, 5.41) is 5.62. The molecule has 1 heterocycles. The van der Waals surface area contributed by atoms with Crippen LogP contribution < -0.4 is 14.9 Å². The largest absolute Gasteiger partial charge is 0.376 e. The average Bonchev–Trinajstić information content (AvgIpc) is 3.29. The van der Waals surface area contributed by atoms with Gasteiger partial charge in [-0.2, -0.15) is 0 Å². The molecule has 1 saturated heterocycles. The van der Waals surface area contributed by atoms with Gasteiger partial charge in [0.2, 0.25) is 10.0 Å². The Labute approximate surface area is 188 Å². The molecule has 0 spiro atoms. The quantitative estimate of drug-likeness (QED) is 0.564. The van der Waals surface area contributed by atoms with Crippen LogP contribution in [0.3, 0.4) is 0 Å². The van der Waals surface area contributed by atoms with Crippen LogP contribution in [-0.4, -0.2) is 52.3 Å². The first-order chi connectivity index (χ1) is 15.3. The first-order valence-electron chi connectivity index (χ1n) is 10.3. The summed E-state index contributed by atoms with van der Waals surface area (Å²) in [6, 6.07) is 12.9. The molecule has 2 aromatic carbocycles. The predicted molar refractivity (Wildman–Crippen MR) is 125 cm³/mol. The van der Waals surface area contributed by atoms with Gasteiger partial charge in [0.05, 0.1) is 35.8 Å². The molecule has 1 aliphatic heterocycles. The maximum Gasteiger partial charge on any atom is 0.255 e. The smallest absolute Gasteiger partial charge is 0.255 e. The molecule has 2 aromatic rings. The number of para-hydroxylation sites is 1. The Morgan fingerprint density at radius 2 is 1.88 bits per heavy atom. The van der Waals surface area contributed by atoms with Crippen LogP contribution in [0.25, 0.3) is 0 Å². The third-order valence-corrected chi connectivity index (χ3v) is 6.21. The first kappa shape index (κ1) is 23.5. The zero-order valence-corrected chi connectivity index (χ0v) is 18.7. The van der Waals surface area contributed by atoms with Gasteiger partial charge in [0, 0.05) is 18.7 Å². The molecule has 1 atom stereocenters. The van der Waals surface area contributed by atoms with Gasteiger partial charge in [-0.05, 0) is 49.2 Å². The van der Waals surface area contributed by atoms with Crippen molar-refractivity contribution < 1.29 is 22.7 Å². The zero-order chi connectivity index (χ0) is 23.1. The Hall–Kier alpha value is -3.17. The number of carbonyl (C=O) groups excluding carboxylic acids is 2. The number of nitrogens with one attached hydrogen (secondary N) is 2. The van der Waals surface area contributed by atoms with Gasteiger partial charge in [-0.1, -0.05) is 18.2 Å². The third-order valence-electron chi connectivity index (χ3n) is 5.05. The standard InChI is InChI=1S/C23H27N3O5S/c1-3-14-26(32(2,29)30)18-12-10-17(11-13-18)22(27)25-21-9-5-4-8-20(21)23(28)24-16-19-7-6-15-31-19/h3-5,8-13,19H,1,6-7,14-16H2,2H3,(H,24,28)(H,25,27)/t19-/m1/s1. The number of hydrogen-bond acceptors (Lipinski definition) is 5. The summed E-state index contributed by atoms with van der Waals surface area (Å²) in [5.41, 5.74) is 1.49. The van der Waals surface area contributed by atoms with E-state index >= 15 is 0 Å². The normalized spacial score (nSPS) is 15.7. The molecule has 0 unspecified atom stereocenters. The molecule has 9 heteroatoms. The summed E-state index contributed by atoms with van der Waals surface area (Å²) < 4.78 is 30.7. The molecule has 0 radical (unpaired) electrons. The van der Waals surface area contributed by atoms with Gasteiger partial charge in [-0.15, -0.1) is 6.58 Å². The molecule has 32 heavy (non-hydrogen) atoms. The number of sulfonamides is 1. The summed E-state index contributed by atoms with van der Waals surface area (Å²) >= 11 is 0. The number of carbonyl (C=O) groups is 2. The van der Waals surface area contributed by atoms with Crippen molar-refractivity contribution in [1.82, 2.24) is 5.32 Å². The summed E-state index contributed by atoms with van der Waals surface area (Å²) in [7, 11) is -3.48. The molecular formula is C23H27N3O5S. The number of anilines is 2. The van der Waals surface area contributed by atoms with Crippen molar-refractivity contribution in [3.05, 3.63) is 72.3 Å². The van der Waals surface area contributed by atoms with Crippen LogP contribution in [0, 0.1) is 0 Å². The molecule has 0 saturated carbocycles. The SMILES string of the molecule is C=CCN(c1ccc(C(=O)Nc2ccccc2C(=O)NC[C@H]2CCCO2)cc1)S(C)(=O)=O. The van der Waals surface area contributed by atoms with Crippen molar-refractivity contribution >= 4 is 33.2 Å². The molecule has 2 amide bonds. The first-order valence-corrected chi connectivity index (χ1v) is 12.1. The molecule has 0 bridgehead atoms. The molecule has 0 aliphatic carbocycles. The molecule has 1 fully saturated rings. The fourth-order valence-corrected chi connectivity index (χ4v) is 4.30. The number of ether oxygens (including phenoxy) is 1. The van der Waals surface area contributed by atoms with Crippen molar-refractivity contribution in [2.45, 2.75) is 18.9 Å². The van der Waals surface area contributed by atoms with Gasteiger partial charge >= 0.3 is 0 Å². The van der Waals surface area contributed by atoms with Crippen molar-refractivity contribution in [2.24, 2.45) is 0 Å². The lowest BCUT2D eigenvalue weighted by molar-refractivity contribution is 0.0858. The third kappa shape index (κ3) is 5.95. The zero-order valence-electron chi connectivity index (χ0n) is 17.9. The monoisotopic (exact) mass is 457 g/mol. The van der Waals surface area contributed by atoms with Crippen LogP contribution in [0.15, 0.2) is 61.2 Å². The van der Waals surface area contributed by atoms with E-state index < -0.39 is 15.9 Å². The molecule has 2 N–H and O–H groups in total. The second-order valence-corrected chi connectivity index (χ2v) is 9.38. The van der Waals surface area contributed by atoms with Gasteiger partial charge in [0.15, 0.2) is 0 Å². The number of rotatable bonds is 9. The maximum absolute atomic E-state index is 12.7. The summed E-state index contributed by atoms with van der Waals surface area (Å²) in [6.45, 7) is 4.83. The molecular weight excluding hydrogens is 430 g/mol. The Balaban J connectivity index is 1.70. The van der Waals surface area contributed by atoms with Gasteiger partial charge < -0.3 is 15.4 Å². The van der Waals surface area contributed by atoms with E-state index in [0.717, 1.165) is 19.1 Å². The number of benzene rings is 2. The predicted octanol–water partition coefficient (Wildman–Crippen LogP) is 2.80. The van der Waals surface area contributed by atoms with Crippen molar-refractivity contribution in [2.75, 3.05) is 35.6 Å². The highest BCUT2D eigenvalue weighted by molar-refractivity contribution is 7.92. The van der Waals surface area contributed by atoms with Crippen LogP contribution in [0.1, 0.15) is 33.6 Å². The average molecular weight is 458 g/mol. The lowest BCUT2D eigenvalue weighted by Gasteiger charge is -2.20. The van der Waals surface area contributed by atoms with E-state index in [1.54, 1.807) is 36.4 Å². The van der Waals surface area contributed by atoms with E-state index in [-0.39, 0.29) is 18.6 Å². The van der Waals surface area contributed by atoms with Gasteiger partial charge in [-0.3, -0.25) is 13.9 Å². The van der Waals surface area contributed by atoms with Gasteiger partial charge in [0.1, 0.15) is 0 Å². The van der Waals surface area contributed by atoms with Crippen LogP contribution in [0.2, 0.25) is 0 Å². The summed E-state index contributed by atoms with van der Waals surface area (Å²) in [5.74, 6) is -0.703. The van der Waals surface area contributed by atoms with Crippen molar-refractivity contribution in [3.63, 3.8) is 0 Å². The maximum atomic E-state index is 12.7. The molecule has 0 aromatic heterocycles. The van der Waals surface area contributed by atoms with Crippen LogP contribution in [0.4, 0.5) is 11.4 Å². The van der Waals surface area contributed by atoms with Gasteiger partial charge in [0.25, 0.3) is 11.8 Å². The van der Waals surface area contributed by atoms with E-state index in [1.807, 2.05) is 0 Å². The fraction of sp³-hybridized carbons (Fsp3) is 0.304. The number of nitrogens with zero attached hydrogens (tertiary/aromatic N) is 1. The Morgan fingerprint density at radius 3 is 2.50 bits per heavy atom. The van der Waals surface area contributed by atoms with Crippen molar-refractivity contribution in [1.29, 1.82) is 0 Å². The summed E-state index contributed by atoms with van der Waals surface area (Å²) in [6.07, 6.45) is 4.52. The molecule has 3 rings (SSSR count). The topological polar surface area (TPSA) is 105 Å². The fourth-order valence-electron chi connectivity index (χ4n) is 3.42. The number of amides is 2. The summed E-state index contributed by atoms with van der Waals surface area (Å²) in [4.78, 5) is 25.4. The van der Waals surface area contributed by atoms with Crippen LogP contribution in [0.5, 0.6) is 0 Å². The molecule has 1 aliphatic rings. The Kier molecular flexibility index (Phi) is 7.66. The Morgan fingerprint density at radius 1 is 1.16 bits per heavy atom. The second-order valence-electron chi connectivity index (χ2n) is 7.47. The van der Waals surface area contributed by atoms with Crippen LogP contribution >= 0.6 is 0 Å². The Bertz CT molecular complexity index is 1080. The van der Waals surface area contributed by atoms with Crippen LogP contribution in [-0.2, 0) is 14.8 Å². The highest BCUT2D eigenvalue weighted by Crippen LogP contribution is 2.21. The van der Waals surface area contributed by atoms with E-state index in [9.17, 15) is 18.0 Å². The van der Waals surface area contributed by atoms with E-state index in [1.165, 1.54) is 22.5 Å². The van der Waals surface area contributed by atoms with E-state index in [4.69, 9.17) is 4.74 Å². The van der Waals surface area contributed by atoms with E-state index in [0.29, 0.717) is 35.7 Å². The minimum absolute atomic E-state index is 0.0202. The molecule has 170 valence electrons. The highest BCUT2D eigenvalue weighted by Gasteiger charge is 2.19. The lowest BCUT2D eigenvalue weighted by Crippen LogP contribution is -2.32. The van der Waals surface area contributed by atoms with E-state index in [2.05, 4.69) is 17.2 Å². The minimum Gasteiger partial charge on any atom is -0.376 e. The van der Waals surface area contributed by atoms with Crippen molar-refractivity contribution in [3.8, 4) is 0 Å².